The van der Waals surface area contributed by atoms with Crippen LogP contribution in [0.2, 0.25) is 0 Å². The molecular weight excluding hydrogens is 406 g/mol. The minimum atomic E-state index is -3.74. The van der Waals surface area contributed by atoms with Gasteiger partial charge in [0.1, 0.15) is 0 Å². The summed E-state index contributed by atoms with van der Waals surface area (Å²) in [5.74, 6) is -2.29. The van der Waals surface area contributed by atoms with Crippen molar-refractivity contribution in [2.45, 2.75) is 42.6 Å². The van der Waals surface area contributed by atoms with E-state index in [1.165, 1.54) is 12.1 Å². The highest BCUT2D eigenvalue weighted by Crippen LogP contribution is 2.21. The van der Waals surface area contributed by atoms with Crippen molar-refractivity contribution >= 4 is 27.7 Å². The van der Waals surface area contributed by atoms with E-state index in [9.17, 15) is 22.0 Å². The molecule has 0 heterocycles. The maximum absolute atomic E-state index is 13.2. The number of thioether (sulfide) groups is 1. The van der Waals surface area contributed by atoms with Crippen molar-refractivity contribution in [3.05, 3.63) is 59.7 Å². The summed E-state index contributed by atoms with van der Waals surface area (Å²) >= 11 is 1.05. The fourth-order valence-electron chi connectivity index (χ4n) is 2.33. The highest BCUT2D eigenvalue weighted by molar-refractivity contribution is 8.00. The minimum Gasteiger partial charge on any atom is -0.351 e. The molecule has 0 saturated carbocycles. The summed E-state index contributed by atoms with van der Waals surface area (Å²) < 4.78 is 53.9. The molecule has 0 saturated heterocycles. The van der Waals surface area contributed by atoms with Crippen molar-refractivity contribution in [1.82, 2.24) is 10.0 Å². The predicted octanol–water partition coefficient (Wildman–Crippen LogP) is 3.45. The van der Waals surface area contributed by atoms with Gasteiger partial charge in [-0.3, -0.25) is 4.79 Å². The smallest absolute Gasteiger partial charge is 0.241 e. The zero-order valence-electron chi connectivity index (χ0n) is 15.8. The lowest BCUT2D eigenvalue weighted by molar-refractivity contribution is -0.118. The highest BCUT2D eigenvalue weighted by atomic mass is 32.2. The summed E-state index contributed by atoms with van der Waals surface area (Å²) in [6, 6.07) is 9.81. The number of carbonyl (C=O) groups excluding carboxylic acids is 1. The zero-order valence-corrected chi connectivity index (χ0v) is 17.4. The van der Waals surface area contributed by atoms with Crippen LogP contribution < -0.4 is 10.0 Å². The van der Waals surface area contributed by atoms with E-state index in [4.69, 9.17) is 0 Å². The van der Waals surface area contributed by atoms with Gasteiger partial charge in [-0.15, -0.1) is 11.8 Å². The Labute approximate surface area is 168 Å². The molecule has 2 aromatic carbocycles. The molecule has 0 aliphatic rings. The molecule has 0 bridgehead atoms. The Hall–Kier alpha value is -1.97. The molecule has 0 aromatic heterocycles. The van der Waals surface area contributed by atoms with E-state index >= 15 is 0 Å². The van der Waals surface area contributed by atoms with Gasteiger partial charge in [-0.2, -0.15) is 0 Å². The molecule has 0 radical (unpaired) electrons. The van der Waals surface area contributed by atoms with Crippen LogP contribution in [0.15, 0.2) is 52.3 Å². The summed E-state index contributed by atoms with van der Waals surface area (Å²) in [4.78, 5) is 12.6. The van der Waals surface area contributed by atoms with Crippen LogP contribution in [0.25, 0.3) is 0 Å². The molecule has 0 spiro atoms. The second-order valence-corrected chi connectivity index (χ2v) is 9.80. The first-order valence-electron chi connectivity index (χ1n) is 8.44. The molecule has 0 fully saturated rings. The fourth-order valence-corrected chi connectivity index (χ4v) is 4.74. The topological polar surface area (TPSA) is 75.3 Å². The third kappa shape index (κ3) is 6.57. The van der Waals surface area contributed by atoms with Gasteiger partial charge in [0.2, 0.25) is 15.9 Å². The lowest BCUT2D eigenvalue weighted by Gasteiger charge is -2.21. The summed E-state index contributed by atoms with van der Waals surface area (Å²) in [6.45, 7) is 5.25. The molecule has 2 aromatic rings. The van der Waals surface area contributed by atoms with Crippen molar-refractivity contribution in [2.24, 2.45) is 0 Å². The number of hydrogen-bond acceptors (Lipinski definition) is 4. The lowest BCUT2D eigenvalue weighted by atomic mass is 10.1. The number of benzene rings is 2. The van der Waals surface area contributed by atoms with Gasteiger partial charge >= 0.3 is 0 Å². The SMILES string of the molecule is CC(C)(C)NS(=O)(=O)c1ccccc1CNC(=O)CSc1ccc(F)c(F)c1. The molecule has 5 nitrogen and oxygen atoms in total. The number of halogens is 2. The Balaban J connectivity index is 2.00. The Morgan fingerprint density at radius 3 is 2.39 bits per heavy atom. The van der Waals surface area contributed by atoms with Crippen LogP contribution in [-0.2, 0) is 21.4 Å². The number of rotatable bonds is 7. The van der Waals surface area contributed by atoms with Gasteiger partial charge in [0.25, 0.3) is 0 Å². The first-order chi connectivity index (χ1) is 13.0. The maximum atomic E-state index is 13.2. The summed E-state index contributed by atoms with van der Waals surface area (Å²) in [5, 5.41) is 2.65. The Morgan fingerprint density at radius 2 is 1.75 bits per heavy atom. The van der Waals surface area contributed by atoms with E-state index in [2.05, 4.69) is 10.0 Å². The predicted molar refractivity (Wildman–Crippen MR) is 105 cm³/mol. The molecule has 0 atom stereocenters. The number of hydrogen-bond donors (Lipinski definition) is 2. The summed E-state index contributed by atoms with van der Waals surface area (Å²) in [7, 11) is -3.74. The third-order valence-corrected chi connectivity index (χ3v) is 6.29. The lowest BCUT2D eigenvalue weighted by Crippen LogP contribution is -2.41. The van der Waals surface area contributed by atoms with Crippen LogP contribution in [0.1, 0.15) is 26.3 Å². The van der Waals surface area contributed by atoms with Crippen molar-refractivity contribution in [2.75, 3.05) is 5.75 Å². The van der Waals surface area contributed by atoms with Crippen molar-refractivity contribution in [3.63, 3.8) is 0 Å². The number of carbonyl (C=O) groups is 1. The molecule has 2 rings (SSSR count). The first kappa shape index (κ1) is 22.3. The van der Waals surface area contributed by atoms with Crippen LogP contribution in [0, 0.1) is 11.6 Å². The quantitative estimate of drug-likeness (QED) is 0.663. The van der Waals surface area contributed by atoms with E-state index < -0.39 is 27.2 Å². The van der Waals surface area contributed by atoms with E-state index in [-0.39, 0.29) is 23.1 Å². The van der Waals surface area contributed by atoms with Crippen molar-refractivity contribution in [3.8, 4) is 0 Å². The molecule has 0 unspecified atom stereocenters. The second kappa shape index (κ2) is 9.02. The normalized spacial score (nSPS) is 12.0. The fraction of sp³-hybridized carbons (Fsp3) is 0.316. The molecule has 9 heteroatoms. The molecule has 0 aliphatic carbocycles. The van der Waals surface area contributed by atoms with Crippen LogP contribution in [0.5, 0.6) is 0 Å². The number of sulfonamides is 1. The first-order valence-corrected chi connectivity index (χ1v) is 10.9. The average molecular weight is 429 g/mol. The zero-order chi connectivity index (χ0) is 20.9. The average Bonchev–Trinajstić information content (AvgIpc) is 2.59. The Kier molecular flexibility index (Phi) is 7.19. The van der Waals surface area contributed by atoms with Gasteiger partial charge in [-0.25, -0.2) is 21.9 Å². The third-order valence-electron chi connectivity index (χ3n) is 3.44. The second-order valence-electron chi connectivity index (χ2n) is 7.10. The van der Waals surface area contributed by atoms with Gasteiger partial charge in [-0.05, 0) is 50.6 Å². The highest BCUT2D eigenvalue weighted by Gasteiger charge is 2.24. The van der Waals surface area contributed by atoms with Gasteiger partial charge in [-0.1, -0.05) is 18.2 Å². The van der Waals surface area contributed by atoms with E-state index in [1.807, 2.05) is 0 Å². The van der Waals surface area contributed by atoms with Crippen LogP contribution in [-0.4, -0.2) is 25.6 Å². The molecule has 2 N–H and O–H groups in total. The van der Waals surface area contributed by atoms with Crippen molar-refractivity contribution in [1.29, 1.82) is 0 Å². The van der Waals surface area contributed by atoms with E-state index in [0.29, 0.717) is 10.5 Å². The van der Waals surface area contributed by atoms with E-state index in [1.54, 1.807) is 39.0 Å². The van der Waals surface area contributed by atoms with Crippen molar-refractivity contribution < 1.29 is 22.0 Å². The van der Waals surface area contributed by atoms with Gasteiger partial charge < -0.3 is 5.32 Å². The van der Waals surface area contributed by atoms with Crippen LogP contribution in [0.4, 0.5) is 8.78 Å². The monoisotopic (exact) mass is 428 g/mol. The summed E-state index contributed by atoms with van der Waals surface area (Å²) in [5.41, 5.74) is -0.193. The van der Waals surface area contributed by atoms with Gasteiger partial charge in [0.05, 0.1) is 10.6 Å². The minimum absolute atomic E-state index is 0.0137. The van der Waals surface area contributed by atoms with Gasteiger partial charge in [0, 0.05) is 17.0 Å². The van der Waals surface area contributed by atoms with Gasteiger partial charge in [0.15, 0.2) is 11.6 Å². The maximum Gasteiger partial charge on any atom is 0.241 e. The largest absolute Gasteiger partial charge is 0.351 e. The van der Waals surface area contributed by atoms with Crippen LogP contribution >= 0.6 is 11.8 Å². The molecule has 1 amide bonds. The van der Waals surface area contributed by atoms with Crippen LogP contribution in [0.3, 0.4) is 0 Å². The Bertz CT molecular complexity index is 958. The standard InChI is InChI=1S/C19H22F2N2O3S2/c1-19(2,3)23-28(25,26)17-7-5-4-6-13(17)11-22-18(24)12-27-14-8-9-15(20)16(21)10-14/h4-10,23H,11-12H2,1-3H3,(H,22,24). The molecule has 0 aliphatic heterocycles. The summed E-state index contributed by atoms with van der Waals surface area (Å²) in [6.07, 6.45) is 0. The van der Waals surface area contributed by atoms with E-state index in [0.717, 1.165) is 23.9 Å². The Morgan fingerprint density at radius 1 is 1.07 bits per heavy atom. The number of nitrogens with one attached hydrogen (secondary N) is 2. The molecule has 152 valence electrons. The molecule has 28 heavy (non-hydrogen) atoms. The number of amides is 1. The molecular formula is C19H22F2N2O3S2.